The third kappa shape index (κ3) is 5.03. The molecular weight excluding hydrogens is 328 g/mol. The molecule has 2 aromatic carbocycles. The molecule has 2 aromatic rings. The lowest BCUT2D eigenvalue weighted by atomic mass is 10.1. The van der Waals surface area contributed by atoms with Gasteiger partial charge in [0, 0.05) is 16.7 Å². The van der Waals surface area contributed by atoms with Crippen LogP contribution in [-0.2, 0) is 4.79 Å². The van der Waals surface area contributed by atoms with E-state index in [9.17, 15) is 4.79 Å². The lowest BCUT2D eigenvalue weighted by molar-refractivity contribution is -0.131. The quantitative estimate of drug-likeness (QED) is 0.592. The Hall–Kier alpha value is -2.46. The summed E-state index contributed by atoms with van der Waals surface area (Å²) in [6.07, 6.45) is 2.50. The second-order valence-electron chi connectivity index (χ2n) is 5.27. The topological polar surface area (TPSA) is 55.8 Å². The number of aliphatic carboxylic acids is 1. The molecule has 0 amide bonds. The zero-order chi connectivity index (χ0) is 17.5. The van der Waals surface area contributed by atoms with Gasteiger partial charge in [-0.25, -0.2) is 4.79 Å². The van der Waals surface area contributed by atoms with Crippen molar-refractivity contribution in [2.24, 2.45) is 0 Å². The van der Waals surface area contributed by atoms with Crippen molar-refractivity contribution in [3.8, 4) is 11.5 Å². The molecule has 0 saturated heterocycles. The Balaban J connectivity index is 1.98. The van der Waals surface area contributed by atoms with E-state index in [-0.39, 0.29) is 0 Å². The van der Waals surface area contributed by atoms with E-state index in [4.69, 9.17) is 26.2 Å². The fourth-order valence-electron chi connectivity index (χ4n) is 2.26. The highest BCUT2D eigenvalue weighted by atomic mass is 35.5. The SMILES string of the molecule is Cc1cccc(C)c1OCCOc1ccc(Cl)cc1C=CC(=O)O. The molecule has 0 fully saturated rings. The lowest BCUT2D eigenvalue weighted by Crippen LogP contribution is -2.10. The molecule has 5 heteroatoms. The molecule has 0 unspecified atom stereocenters. The average molecular weight is 347 g/mol. The van der Waals surface area contributed by atoms with Crippen LogP contribution in [0.2, 0.25) is 5.02 Å². The van der Waals surface area contributed by atoms with Crippen LogP contribution < -0.4 is 9.47 Å². The number of carboxylic acid groups (broad SMARTS) is 1. The predicted molar refractivity (Wildman–Crippen MR) is 95.0 cm³/mol. The van der Waals surface area contributed by atoms with Gasteiger partial charge in [-0.3, -0.25) is 0 Å². The van der Waals surface area contributed by atoms with Gasteiger partial charge in [-0.15, -0.1) is 0 Å². The summed E-state index contributed by atoms with van der Waals surface area (Å²) < 4.78 is 11.5. The first-order valence-corrected chi connectivity index (χ1v) is 7.87. The normalized spacial score (nSPS) is 10.8. The Labute approximate surface area is 146 Å². The number of rotatable bonds is 7. The van der Waals surface area contributed by atoms with Gasteiger partial charge >= 0.3 is 5.97 Å². The number of ether oxygens (including phenoxy) is 2. The predicted octanol–water partition coefficient (Wildman–Crippen LogP) is 4.51. The molecule has 1 N–H and O–H groups in total. The minimum Gasteiger partial charge on any atom is -0.489 e. The number of aryl methyl sites for hydroxylation is 2. The molecule has 0 aliphatic carbocycles. The van der Waals surface area contributed by atoms with Crippen molar-refractivity contribution < 1.29 is 19.4 Å². The van der Waals surface area contributed by atoms with Crippen molar-refractivity contribution in [1.82, 2.24) is 0 Å². The lowest BCUT2D eigenvalue weighted by Gasteiger charge is -2.13. The monoisotopic (exact) mass is 346 g/mol. The van der Waals surface area contributed by atoms with Crippen LogP contribution in [0.5, 0.6) is 11.5 Å². The van der Waals surface area contributed by atoms with E-state index in [1.165, 1.54) is 6.08 Å². The van der Waals surface area contributed by atoms with Crippen LogP contribution in [0.1, 0.15) is 16.7 Å². The van der Waals surface area contributed by atoms with Gasteiger partial charge in [-0.1, -0.05) is 29.8 Å². The zero-order valence-electron chi connectivity index (χ0n) is 13.6. The van der Waals surface area contributed by atoms with Gasteiger partial charge in [0.05, 0.1) is 0 Å². The first kappa shape index (κ1) is 17.9. The van der Waals surface area contributed by atoms with Gasteiger partial charge in [-0.05, 0) is 49.2 Å². The van der Waals surface area contributed by atoms with Crippen LogP contribution in [0, 0.1) is 13.8 Å². The second kappa shape index (κ2) is 8.41. The Bertz CT molecular complexity index is 733. The Morgan fingerprint density at radius 1 is 1.12 bits per heavy atom. The average Bonchev–Trinajstić information content (AvgIpc) is 2.53. The molecule has 0 radical (unpaired) electrons. The highest BCUT2D eigenvalue weighted by molar-refractivity contribution is 6.30. The van der Waals surface area contributed by atoms with Gasteiger partial charge < -0.3 is 14.6 Å². The minimum absolute atomic E-state index is 0.337. The van der Waals surface area contributed by atoms with Crippen LogP contribution in [-0.4, -0.2) is 24.3 Å². The van der Waals surface area contributed by atoms with E-state index in [2.05, 4.69) is 0 Å². The van der Waals surface area contributed by atoms with E-state index in [0.717, 1.165) is 23.0 Å². The first-order chi connectivity index (χ1) is 11.5. The first-order valence-electron chi connectivity index (χ1n) is 7.50. The van der Waals surface area contributed by atoms with Crippen molar-refractivity contribution >= 4 is 23.6 Å². The molecule has 0 atom stereocenters. The maximum Gasteiger partial charge on any atom is 0.328 e. The third-order valence-electron chi connectivity index (χ3n) is 3.37. The van der Waals surface area contributed by atoms with Gasteiger partial charge in [0.15, 0.2) is 0 Å². The molecule has 0 saturated carbocycles. The Kier molecular flexibility index (Phi) is 6.27. The second-order valence-corrected chi connectivity index (χ2v) is 5.71. The molecule has 0 bridgehead atoms. The molecule has 0 aliphatic rings. The summed E-state index contributed by atoms with van der Waals surface area (Å²) in [6.45, 7) is 4.72. The van der Waals surface area contributed by atoms with Crippen LogP contribution >= 0.6 is 11.6 Å². The molecule has 0 aliphatic heterocycles. The van der Waals surface area contributed by atoms with Gasteiger partial charge in [0.25, 0.3) is 0 Å². The van der Waals surface area contributed by atoms with E-state index in [1.807, 2.05) is 32.0 Å². The molecular formula is C19H19ClO4. The van der Waals surface area contributed by atoms with Gasteiger partial charge in [0.2, 0.25) is 0 Å². The van der Waals surface area contributed by atoms with Crippen LogP contribution in [0.25, 0.3) is 6.08 Å². The van der Waals surface area contributed by atoms with Crippen LogP contribution in [0.15, 0.2) is 42.5 Å². The van der Waals surface area contributed by atoms with E-state index in [0.29, 0.717) is 29.5 Å². The number of halogens is 1. The number of carbonyl (C=O) groups is 1. The molecule has 0 spiro atoms. The number of benzene rings is 2. The zero-order valence-corrected chi connectivity index (χ0v) is 14.3. The number of hydrogen-bond donors (Lipinski definition) is 1. The fraction of sp³-hybridized carbons (Fsp3) is 0.211. The van der Waals surface area contributed by atoms with Crippen LogP contribution in [0.3, 0.4) is 0 Å². The summed E-state index contributed by atoms with van der Waals surface area (Å²) in [6, 6.07) is 11.0. The van der Waals surface area contributed by atoms with Crippen molar-refractivity contribution in [2.45, 2.75) is 13.8 Å². The summed E-state index contributed by atoms with van der Waals surface area (Å²) in [5, 5.41) is 9.26. The van der Waals surface area contributed by atoms with Crippen LogP contribution in [0.4, 0.5) is 0 Å². The van der Waals surface area contributed by atoms with Crippen molar-refractivity contribution in [3.63, 3.8) is 0 Å². The standard InChI is InChI=1S/C19H19ClO4/c1-13-4-3-5-14(2)19(13)24-11-10-23-17-8-7-16(20)12-15(17)6-9-18(21)22/h3-9,12H,10-11H2,1-2H3,(H,21,22). The van der Waals surface area contributed by atoms with Crippen molar-refractivity contribution in [2.75, 3.05) is 13.2 Å². The summed E-state index contributed by atoms with van der Waals surface area (Å²) in [4.78, 5) is 10.7. The number of carboxylic acids is 1. The Morgan fingerprint density at radius 3 is 2.46 bits per heavy atom. The molecule has 126 valence electrons. The molecule has 2 rings (SSSR count). The summed E-state index contributed by atoms with van der Waals surface area (Å²) in [5.74, 6) is 0.393. The summed E-state index contributed by atoms with van der Waals surface area (Å²) in [7, 11) is 0. The van der Waals surface area contributed by atoms with Gasteiger partial charge in [0.1, 0.15) is 24.7 Å². The smallest absolute Gasteiger partial charge is 0.328 e. The number of hydrogen-bond acceptors (Lipinski definition) is 3. The Morgan fingerprint density at radius 2 is 1.79 bits per heavy atom. The maximum absolute atomic E-state index is 10.7. The van der Waals surface area contributed by atoms with E-state index < -0.39 is 5.97 Å². The van der Waals surface area contributed by atoms with E-state index in [1.54, 1.807) is 18.2 Å². The van der Waals surface area contributed by atoms with Crippen molar-refractivity contribution in [1.29, 1.82) is 0 Å². The van der Waals surface area contributed by atoms with E-state index >= 15 is 0 Å². The molecule has 4 nitrogen and oxygen atoms in total. The largest absolute Gasteiger partial charge is 0.489 e. The molecule has 0 aromatic heterocycles. The van der Waals surface area contributed by atoms with Gasteiger partial charge in [-0.2, -0.15) is 0 Å². The summed E-state index contributed by atoms with van der Waals surface area (Å²) in [5.41, 5.74) is 2.76. The maximum atomic E-state index is 10.7. The fourth-order valence-corrected chi connectivity index (χ4v) is 2.44. The third-order valence-corrected chi connectivity index (χ3v) is 3.61. The highest BCUT2D eigenvalue weighted by Crippen LogP contribution is 2.25. The molecule has 24 heavy (non-hydrogen) atoms. The van der Waals surface area contributed by atoms with Crippen molar-refractivity contribution in [3.05, 3.63) is 64.2 Å². The molecule has 0 heterocycles. The minimum atomic E-state index is -1.03. The summed E-state index contributed by atoms with van der Waals surface area (Å²) >= 11 is 5.95. The highest BCUT2D eigenvalue weighted by Gasteiger charge is 2.05. The number of para-hydroxylation sites is 1.